The Hall–Kier alpha value is -2.54. The molecule has 3 aromatic rings. The minimum absolute atomic E-state index is 0.119. The zero-order valence-corrected chi connectivity index (χ0v) is 14.4. The van der Waals surface area contributed by atoms with Crippen LogP contribution in [-0.4, -0.2) is 21.4 Å². The number of aryl methyl sites for hydroxylation is 2. The van der Waals surface area contributed by atoms with E-state index >= 15 is 0 Å². The molecular formula is C17H17N3O3S. The van der Waals surface area contributed by atoms with Crippen LogP contribution in [-0.2, 0) is 4.79 Å². The Labute approximate surface area is 143 Å². The van der Waals surface area contributed by atoms with E-state index in [1.54, 1.807) is 19.1 Å². The number of hydrogen-bond acceptors (Lipinski definition) is 6. The largest absolute Gasteiger partial charge is 0.459 e. The summed E-state index contributed by atoms with van der Waals surface area (Å²) in [5.74, 6) is 0.679. The number of amides is 1. The van der Waals surface area contributed by atoms with Crippen LogP contribution in [0.3, 0.4) is 0 Å². The average molecular weight is 343 g/mol. The van der Waals surface area contributed by atoms with Gasteiger partial charge in [-0.2, -0.15) is 0 Å². The van der Waals surface area contributed by atoms with E-state index in [1.165, 1.54) is 18.0 Å². The number of carbonyl (C=O) groups excluding carboxylic acids is 1. The summed E-state index contributed by atoms with van der Waals surface area (Å²) in [7, 11) is 0. The molecule has 1 aromatic carbocycles. The van der Waals surface area contributed by atoms with Gasteiger partial charge in [0, 0.05) is 5.69 Å². The number of nitrogens with zero attached hydrogens (tertiary/aromatic N) is 2. The van der Waals surface area contributed by atoms with Crippen LogP contribution in [0.1, 0.15) is 18.1 Å². The number of anilines is 1. The molecule has 0 fully saturated rings. The lowest BCUT2D eigenvalue weighted by atomic mass is 10.1. The number of thioether (sulfide) groups is 1. The maximum Gasteiger partial charge on any atom is 0.284 e. The summed E-state index contributed by atoms with van der Waals surface area (Å²) in [6.45, 7) is 5.74. The van der Waals surface area contributed by atoms with Crippen LogP contribution in [0.5, 0.6) is 0 Å². The van der Waals surface area contributed by atoms with Gasteiger partial charge >= 0.3 is 0 Å². The van der Waals surface area contributed by atoms with Gasteiger partial charge in [0.2, 0.25) is 5.91 Å². The minimum atomic E-state index is -0.380. The van der Waals surface area contributed by atoms with Crippen LogP contribution in [0.2, 0.25) is 0 Å². The fourth-order valence-corrected chi connectivity index (χ4v) is 2.75. The molecule has 24 heavy (non-hydrogen) atoms. The highest BCUT2D eigenvalue weighted by Gasteiger charge is 2.20. The Morgan fingerprint density at radius 3 is 2.83 bits per heavy atom. The van der Waals surface area contributed by atoms with E-state index in [1.807, 2.05) is 32.0 Å². The first kappa shape index (κ1) is 16.3. The topological polar surface area (TPSA) is 81.2 Å². The van der Waals surface area contributed by atoms with Crippen molar-refractivity contribution < 1.29 is 13.6 Å². The van der Waals surface area contributed by atoms with Gasteiger partial charge in [-0.3, -0.25) is 4.79 Å². The highest BCUT2D eigenvalue weighted by atomic mass is 32.2. The van der Waals surface area contributed by atoms with Gasteiger partial charge in [0.15, 0.2) is 5.76 Å². The molecule has 0 bridgehead atoms. The maximum absolute atomic E-state index is 12.4. The highest BCUT2D eigenvalue weighted by Crippen LogP contribution is 2.27. The second kappa shape index (κ2) is 6.92. The van der Waals surface area contributed by atoms with Gasteiger partial charge in [0.05, 0.1) is 11.5 Å². The van der Waals surface area contributed by atoms with E-state index in [4.69, 9.17) is 8.83 Å². The van der Waals surface area contributed by atoms with Crippen molar-refractivity contribution >= 4 is 23.4 Å². The molecule has 0 aliphatic rings. The summed E-state index contributed by atoms with van der Waals surface area (Å²) >= 11 is 1.21. The molecular weight excluding hydrogens is 326 g/mol. The fourth-order valence-electron chi connectivity index (χ4n) is 2.07. The lowest BCUT2D eigenvalue weighted by Crippen LogP contribution is -2.22. The maximum atomic E-state index is 12.4. The highest BCUT2D eigenvalue weighted by molar-refractivity contribution is 8.00. The minimum Gasteiger partial charge on any atom is -0.459 e. The lowest BCUT2D eigenvalue weighted by molar-refractivity contribution is -0.115. The summed E-state index contributed by atoms with van der Waals surface area (Å²) in [6.07, 6.45) is 1.53. The second-order valence-electron chi connectivity index (χ2n) is 5.42. The predicted octanol–water partition coefficient (Wildman–Crippen LogP) is 4.07. The molecule has 2 heterocycles. The number of aromatic nitrogens is 2. The third-order valence-electron chi connectivity index (χ3n) is 3.44. The third kappa shape index (κ3) is 3.68. The quantitative estimate of drug-likeness (QED) is 0.703. The lowest BCUT2D eigenvalue weighted by Gasteiger charge is -2.12. The molecule has 124 valence electrons. The van der Waals surface area contributed by atoms with E-state index in [2.05, 4.69) is 15.5 Å². The molecule has 1 N–H and O–H groups in total. The molecule has 0 unspecified atom stereocenters. The predicted molar refractivity (Wildman–Crippen MR) is 91.9 cm³/mol. The number of benzene rings is 1. The molecule has 1 amide bonds. The van der Waals surface area contributed by atoms with Crippen molar-refractivity contribution in [2.45, 2.75) is 31.2 Å². The van der Waals surface area contributed by atoms with Crippen LogP contribution in [0, 0.1) is 13.8 Å². The summed E-state index contributed by atoms with van der Waals surface area (Å²) < 4.78 is 10.7. The van der Waals surface area contributed by atoms with Gasteiger partial charge in [-0.15, -0.1) is 10.2 Å². The molecule has 0 spiro atoms. The standard InChI is InChI=1S/C17H17N3O3S/c1-10-6-7-11(2)13(9-10)18-15(21)12(3)24-17-20-19-16(23-17)14-5-4-8-22-14/h4-9,12H,1-3H3,(H,18,21)/t12-/m0/s1. The molecule has 6 nitrogen and oxygen atoms in total. The number of hydrogen-bond donors (Lipinski definition) is 1. The van der Waals surface area contributed by atoms with E-state index < -0.39 is 0 Å². The van der Waals surface area contributed by atoms with E-state index in [-0.39, 0.29) is 11.2 Å². The number of furan rings is 1. The molecule has 0 saturated carbocycles. The Kier molecular flexibility index (Phi) is 4.71. The van der Waals surface area contributed by atoms with E-state index in [0.717, 1.165) is 16.8 Å². The van der Waals surface area contributed by atoms with Crippen molar-refractivity contribution in [2.24, 2.45) is 0 Å². The normalized spacial score (nSPS) is 12.1. The van der Waals surface area contributed by atoms with E-state index in [0.29, 0.717) is 16.9 Å². The smallest absolute Gasteiger partial charge is 0.284 e. The van der Waals surface area contributed by atoms with E-state index in [9.17, 15) is 4.79 Å². The number of nitrogens with one attached hydrogen (secondary N) is 1. The van der Waals surface area contributed by atoms with Crippen LogP contribution in [0.4, 0.5) is 5.69 Å². The number of rotatable bonds is 5. The van der Waals surface area contributed by atoms with Crippen molar-refractivity contribution in [3.63, 3.8) is 0 Å². The molecule has 2 aromatic heterocycles. The Balaban J connectivity index is 1.65. The first-order valence-corrected chi connectivity index (χ1v) is 8.33. The second-order valence-corrected chi connectivity index (χ2v) is 6.71. The molecule has 3 rings (SSSR count). The molecule has 0 saturated heterocycles. The third-order valence-corrected chi connectivity index (χ3v) is 4.37. The van der Waals surface area contributed by atoms with Gasteiger partial charge in [0.25, 0.3) is 11.1 Å². The van der Waals surface area contributed by atoms with Gasteiger partial charge in [-0.25, -0.2) is 0 Å². The molecule has 0 aliphatic heterocycles. The van der Waals surface area contributed by atoms with Crippen LogP contribution >= 0.6 is 11.8 Å². The van der Waals surface area contributed by atoms with Crippen molar-refractivity contribution in [2.75, 3.05) is 5.32 Å². The van der Waals surface area contributed by atoms with Gasteiger partial charge < -0.3 is 14.2 Å². The van der Waals surface area contributed by atoms with Crippen LogP contribution < -0.4 is 5.32 Å². The van der Waals surface area contributed by atoms with Crippen molar-refractivity contribution in [3.8, 4) is 11.7 Å². The first-order valence-electron chi connectivity index (χ1n) is 7.45. The Morgan fingerprint density at radius 1 is 1.25 bits per heavy atom. The average Bonchev–Trinajstić information content (AvgIpc) is 3.21. The SMILES string of the molecule is Cc1ccc(C)c(NC(=O)[C@H](C)Sc2nnc(-c3ccco3)o2)c1. The van der Waals surface area contributed by atoms with Gasteiger partial charge in [0.1, 0.15) is 0 Å². The molecule has 7 heteroatoms. The van der Waals surface area contributed by atoms with Crippen LogP contribution in [0.15, 0.2) is 50.7 Å². The Bertz CT molecular complexity index is 843. The summed E-state index contributed by atoms with van der Waals surface area (Å²) in [5, 5.41) is 10.7. The van der Waals surface area contributed by atoms with Gasteiger partial charge in [-0.1, -0.05) is 23.9 Å². The zero-order valence-electron chi connectivity index (χ0n) is 13.6. The molecule has 0 aliphatic carbocycles. The first-order chi connectivity index (χ1) is 11.5. The monoisotopic (exact) mass is 343 g/mol. The summed E-state index contributed by atoms with van der Waals surface area (Å²) in [4.78, 5) is 12.4. The molecule has 0 radical (unpaired) electrons. The summed E-state index contributed by atoms with van der Waals surface area (Å²) in [5.41, 5.74) is 2.93. The van der Waals surface area contributed by atoms with Crippen molar-refractivity contribution in [3.05, 3.63) is 47.7 Å². The van der Waals surface area contributed by atoms with Crippen LogP contribution in [0.25, 0.3) is 11.7 Å². The fraction of sp³-hybridized carbons (Fsp3) is 0.235. The summed E-state index contributed by atoms with van der Waals surface area (Å²) in [6, 6.07) is 9.42. The molecule has 1 atom stereocenters. The van der Waals surface area contributed by atoms with Crippen molar-refractivity contribution in [1.29, 1.82) is 0 Å². The zero-order chi connectivity index (χ0) is 17.1. The van der Waals surface area contributed by atoms with Crippen molar-refractivity contribution in [1.82, 2.24) is 10.2 Å². The van der Waals surface area contributed by atoms with Gasteiger partial charge in [-0.05, 0) is 50.1 Å². The number of carbonyl (C=O) groups is 1. The Morgan fingerprint density at radius 2 is 2.08 bits per heavy atom.